The second-order valence-electron chi connectivity index (χ2n) is 9.52. The number of pyridine rings is 1. The molecule has 0 radical (unpaired) electrons. The summed E-state index contributed by atoms with van der Waals surface area (Å²) in [5, 5.41) is 19.6. The molecule has 1 aromatic heterocycles. The Hall–Kier alpha value is -2.67. The van der Waals surface area contributed by atoms with Crippen molar-refractivity contribution >= 4 is 11.8 Å². The van der Waals surface area contributed by atoms with E-state index in [-0.39, 0.29) is 42.3 Å². The molecule has 0 aliphatic carbocycles. The molecule has 33 heavy (non-hydrogen) atoms. The monoisotopic (exact) mass is 460 g/mol. The van der Waals surface area contributed by atoms with Gasteiger partial charge in [0.2, 0.25) is 11.8 Å². The van der Waals surface area contributed by atoms with E-state index in [4.69, 9.17) is 4.74 Å². The molecule has 9 nitrogen and oxygen atoms in total. The summed E-state index contributed by atoms with van der Waals surface area (Å²) in [5.74, 6) is 5.24. The van der Waals surface area contributed by atoms with Gasteiger partial charge in [-0.3, -0.25) is 9.59 Å². The number of nitrogens with zero attached hydrogens (tertiary/aromatic N) is 4. The van der Waals surface area contributed by atoms with E-state index in [0.29, 0.717) is 18.7 Å². The van der Waals surface area contributed by atoms with E-state index < -0.39 is 17.7 Å². The standard InChI is InChI=1S/C24H36N4O5/c1-16-12-28(17(2)15-29)23(31)19-10-18(8-9-24(3,4)32)11-25-22(19)33-20(16)13-27(7)21(30)14-26(5)6/h10-11,16-17,20,29,32H,12-15H2,1-7H3/t16-,17-,20+/m0/s1. The van der Waals surface area contributed by atoms with Crippen molar-refractivity contribution < 1.29 is 24.5 Å². The lowest BCUT2D eigenvalue weighted by molar-refractivity contribution is -0.132. The van der Waals surface area contributed by atoms with E-state index in [1.54, 1.807) is 48.6 Å². The van der Waals surface area contributed by atoms with Gasteiger partial charge in [0.15, 0.2) is 0 Å². The van der Waals surface area contributed by atoms with Crippen molar-refractivity contribution in [2.75, 3.05) is 47.4 Å². The van der Waals surface area contributed by atoms with Gasteiger partial charge in [-0.05, 0) is 40.9 Å². The van der Waals surface area contributed by atoms with E-state index in [0.717, 1.165) is 0 Å². The predicted octanol–water partition coefficient (Wildman–Crippen LogP) is 0.444. The first kappa shape index (κ1) is 26.6. The minimum atomic E-state index is -1.19. The highest BCUT2D eigenvalue weighted by molar-refractivity contribution is 5.97. The van der Waals surface area contributed by atoms with Crippen LogP contribution in [0.4, 0.5) is 0 Å². The van der Waals surface area contributed by atoms with Gasteiger partial charge in [0.25, 0.3) is 5.91 Å². The molecule has 1 aromatic rings. The van der Waals surface area contributed by atoms with Crippen LogP contribution in [0.3, 0.4) is 0 Å². The molecular weight excluding hydrogens is 424 g/mol. The molecule has 0 fully saturated rings. The Kier molecular flexibility index (Phi) is 8.83. The molecule has 0 saturated heterocycles. The van der Waals surface area contributed by atoms with Crippen LogP contribution in [0.15, 0.2) is 12.3 Å². The van der Waals surface area contributed by atoms with Crippen molar-refractivity contribution in [3.63, 3.8) is 0 Å². The van der Waals surface area contributed by atoms with Crippen LogP contribution in [0.2, 0.25) is 0 Å². The SMILES string of the molecule is C[C@H]1CN([C@@H](C)CO)C(=O)c2cc(C#CC(C)(C)O)cnc2O[C@@H]1CN(C)C(=O)CN(C)C. The number of aliphatic hydroxyl groups is 2. The number of ether oxygens (including phenoxy) is 1. The maximum Gasteiger partial charge on any atom is 0.259 e. The highest BCUT2D eigenvalue weighted by atomic mass is 16.5. The minimum absolute atomic E-state index is 0.0417. The van der Waals surface area contributed by atoms with Gasteiger partial charge in [-0.15, -0.1) is 0 Å². The number of carbonyl (C=O) groups is 2. The molecule has 182 valence electrons. The molecule has 9 heteroatoms. The van der Waals surface area contributed by atoms with Crippen LogP contribution >= 0.6 is 0 Å². The van der Waals surface area contributed by atoms with E-state index in [2.05, 4.69) is 16.8 Å². The van der Waals surface area contributed by atoms with Gasteiger partial charge in [-0.2, -0.15) is 0 Å². The maximum absolute atomic E-state index is 13.4. The largest absolute Gasteiger partial charge is 0.472 e. The molecule has 2 heterocycles. The summed E-state index contributed by atoms with van der Waals surface area (Å²) in [6.45, 7) is 7.63. The fourth-order valence-electron chi connectivity index (χ4n) is 3.38. The van der Waals surface area contributed by atoms with Crippen molar-refractivity contribution in [3.8, 4) is 17.7 Å². The lowest BCUT2D eigenvalue weighted by atomic mass is 9.99. The van der Waals surface area contributed by atoms with E-state index in [9.17, 15) is 19.8 Å². The number of amides is 2. The topological polar surface area (TPSA) is 106 Å². The summed E-state index contributed by atoms with van der Waals surface area (Å²) < 4.78 is 6.18. The molecule has 0 saturated carbocycles. The number of fused-ring (bicyclic) bond motifs is 1. The fraction of sp³-hybridized carbons (Fsp3) is 0.625. The van der Waals surface area contributed by atoms with E-state index in [1.807, 2.05) is 21.0 Å². The highest BCUT2D eigenvalue weighted by Crippen LogP contribution is 2.27. The van der Waals surface area contributed by atoms with Crippen LogP contribution in [0.25, 0.3) is 0 Å². The molecule has 0 aromatic carbocycles. The third-order valence-corrected chi connectivity index (χ3v) is 5.36. The predicted molar refractivity (Wildman–Crippen MR) is 125 cm³/mol. The first-order chi connectivity index (χ1) is 15.3. The first-order valence-electron chi connectivity index (χ1n) is 11.0. The first-order valence-corrected chi connectivity index (χ1v) is 11.0. The molecule has 2 rings (SSSR count). The number of hydrogen-bond donors (Lipinski definition) is 2. The van der Waals surface area contributed by atoms with Crippen molar-refractivity contribution in [1.82, 2.24) is 19.7 Å². The van der Waals surface area contributed by atoms with Gasteiger partial charge < -0.3 is 29.6 Å². The number of carbonyl (C=O) groups excluding carboxylic acids is 2. The number of rotatable bonds is 6. The van der Waals surface area contributed by atoms with Crippen LogP contribution in [0, 0.1) is 17.8 Å². The van der Waals surface area contributed by atoms with Crippen LogP contribution < -0.4 is 4.74 Å². The van der Waals surface area contributed by atoms with Crippen LogP contribution in [0.5, 0.6) is 5.88 Å². The van der Waals surface area contributed by atoms with Crippen molar-refractivity contribution in [2.45, 2.75) is 45.4 Å². The Labute approximate surface area is 196 Å². The lowest BCUT2D eigenvalue weighted by Crippen LogP contribution is -2.51. The zero-order valence-electron chi connectivity index (χ0n) is 20.6. The number of aliphatic hydroxyl groups excluding tert-OH is 1. The summed E-state index contributed by atoms with van der Waals surface area (Å²) in [7, 11) is 5.39. The average Bonchev–Trinajstić information content (AvgIpc) is 2.73. The number of hydrogen-bond acceptors (Lipinski definition) is 7. The molecule has 0 spiro atoms. The third kappa shape index (κ3) is 7.42. The average molecular weight is 461 g/mol. The van der Waals surface area contributed by atoms with Crippen LogP contribution in [-0.4, -0.2) is 107 Å². The van der Waals surface area contributed by atoms with Crippen molar-refractivity contribution in [3.05, 3.63) is 23.4 Å². The Bertz CT molecular complexity index is 916. The van der Waals surface area contributed by atoms with Gasteiger partial charge >= 0.3 is 0 Å². The smallest absolute Gasteiger partial charge is 0.259 e. The summed E-state index contributed by atoms with van der Waals surface area (Å²) in [5.41, 5.74) is -0.489. The molecule has 3 atom stereocenters. The quantitative estimate of drug-likeness (QED) is 0.594. The lowest BCUT2D eigenvalue weighted by Gasteiger charge is -2.37. The summed E-state index contributed by atoms with van der Waals surface area (Å²) in [6, 6.07) is 1.18. The zero-order valence-corrected chi connectivity index (χ0v) is 20.6. The van der Waals surface area contributed by atoms with E-state index in [1.165, 1.54) is 6.20 Å². The number of aromatic nitrogens is 1. The molecular formula is C24H36N4O5. The second-order valence-corrected chi connectivity index (χ2v) is 9.52. The Morgan fingerprint density at radius 2 is 2.06 bits per heavy atom. The third-order valence-electron chi connectivity index (χ3n) is 5.36. The number of likely N-dealkylation sites (N-methyl/N-ethyl adjacent to an activating group) is 2. The molecule has 2 amide bonds. The fourth-order valence-corrected chi connectivity index (χ4v) is 3.38. The zero-order chi connectivity index (χ0) is 24.9. The van der Waals surface area contributed by atoms with Gasteiger partial charge in [-0.25, -0.2) is 4.98 Å². The Balaban J connectivity index is 2.44. The van der Waals surface area contributed by atoms with Gasteiger partial charge in [0.1, 0.15) is 17.3 Å². The van der Waals surface area contributed by atoms with Gasteiger partial charge in [0.05, 0.1) is 25.7 Å². The van der Waals surface area contributed by atoms with E-state index >= 15 is 0 Å². The molecule has 0 unspecified atom stereocenters. The molecule has 0 bridgehead atoms. The Morgan fingerprint density at radius 3 is 2.64 bits per heavy atom. The van der Waals surface area contributed by atoms with Crippen LogP contribution in [-0.2, 0) is 4.79 Å². The summed E-state index contributed by atoms with van der Waals surface area (Å²) in [6.07, 6.45) is 1.08. The van der Waals surface area contributed by atoms with Gasteiger partial charge in [-0.1, -0.05) is 18.8 Å². The van der Waals surface area contributed by atoms with Crippen molar-refractivity contribution in [2.24, 2.45) is 5.92 Å². The Morgan fingerprint density at radius 1 is 1.39 bits per heavy atom. The summed E-state index contributed by atoms with van der Waals surface area (Å²) >= 11 is 0. The minimum Gasteiger partial charge on any atom is -0.472 e. The molecule has 1 aliphatic heterocycles. The second kappa shape index (κ2) is 11.0. The normalized spacial score (nSPS) is 19.6. The molecule has 2 N–H and O–H groups in total. The molecule has 1 aliphatic rings. The van der Waals surface area contributed by atoms with Crippen LogP contribution in [0.1, 0.15) is 43.6 Å². The van der Waals surface area contributed by atoms with Crippen molar-refractivity contribution in [1.29, 1.82) is 0 Å². The maximum atomic E-state index is 13.4. The van der Waals surface area contributed by atoms with Gasteiger partial charge in [0, 0.05) is 31.3 Å². The summed E-state index contributed by atoms with van der Waals surface area (Å²) in [4.78, 5) is 35.2. The highest BCUT2D eigenvalue weighted by Gasteiger charge is 2.34.